The summed E-state index contributed by atoms with van der Waals surface area (Å²) in [6, 6.07) is 7.54. The maximum absolute atomic E-state index is 5.56. The predicted octanol–water partition coefficient (Wildman–Crippen LogP) is 2.03. The molecule has 1 aromatic carbocycles. The lowest BCUT2D eigenvalue weighted by atomic mass is 10.1. The second-order valence-electron chi connectivity index (χ2n) is 2.72. The van der Waals surface area contributed by atoms with Crippen LogP contribution >= 0.6 is 0 Å². The lowest BCUT2D eigenvalue weighted by Gasteiger charge is -2.00. The quantitative estimate of drug-likeness (QED) is 0.437. The summed E-state index contributed by atoms with van der Waals surface area (Å²) in [5.74, 6) is 0. The van der Waals surface area contributed by atoms with Gasteiger partial charge in [-0.15, -0.1) is 0 Å². The van der Waals surface area contributed by atoms with Gasteiger partial charge in [-0.3, -0.25) is 0 Å². The van der Waals surface area contributed by atoms with E-state index in [1.165, 1.54) is 0 Å². The lowest BCUT2D eigenvalue weighted by molar-refractivity contribution is 0.159. The lowest BCUT2D eigenvalue weighted by Crippen LogP contribution is -1.96. The first-order valence-corrected chi connectivity index (χ1v) is 4.26. The molecule has 3 heteroatoms. The van der Waals surface area contributed by atoms with E-state index in [2.05, 4.69) is 5.16 Å². The summed E-state index contributed by atoms with van der Waals surface area (Å²) in [7, 11) is 0. The standard InChI is InChI=1S/C10H14N2O/c1-3-13-12-8(2)9-4-6-10(11)7-5-9/h4-7H,3,11H2,1-2H3/b12-8+. The van der Waals surface area contributed by atoms with Gasteiger partial charge in [0.1, 0.15) is 6.61 Å². The molecule has 0 aliphatic rings. The highest BCUT2D eigenvalue weighted by molar-refractivity contribution is 5.98. The van der Waals surface area contributed by atoms with E-state index in [9.17, 15) is 0 Å². The van der Waals surface area contributed by atoms with Crippen molar-refractivity contribution in [2.24, 2.45) is 5.16 Å². The summed E-state index contributed by atoms with van der Waals surface area (Å²) in [5.41, 5.74) is 8.21. The van der Waals surface area contributed by atoms with Crippen molar-refractivity contribution in [3.05, 3.63) is 29.8 Å². The van der Waals surface area contributed by atoms with Gasteiger partial charge in [-0.1, -0.05) is 17.3 Å². The van der Waals surface area contributed by atoms with Crippen LogP contribution in [0.3, 0.4) is 0 Å². The zero-order valence-corrected chi connectivity index (χ0v) is 7.95. The molecule has 0 aliphatic carbocycles. The largest absolute Gasteiger partial charge is 0.399 e. The predicted molar refractivity (Wildman–Crippen MR) is 54.7 cm³/mol. The fourth-order valence-corrected chi connectivity index (χ4v) is 0.938. The molecule has 0 bridgehead atoms. The third-order valence-electron chi connectivity index (χ3n) is 1.66. The fourth-order valence-electron chi connectivity index (χ4n) is 0.938. The van der Waals surface area contributed by atoms with Crippen LogP contribution in [0.25, 0.3) is 0 Å². The third-order valence-corrected chi connectivity index (χ3v) is 1.66. The molecular formula is C10H14N2O. The van der Waals surface area contributed by atoms with Crippen LogP contribution in [0, 0.1) is 0 Å². The van der Waals surface area contributed by atoms with E-state index in [0.717, 1.165) is 17.0 Å². The van der Waals surface area contributed by atoms with E-state index in [1.807, 2.05) is 38.1 Å². The van der Waals surface area contributed by atoms with Crippen molar-refractivity contribution in [2.75, 3.05) is 12.3 Å². The van der Waals surface area contributed by atoms with Crippen LogP contribution in [-0.2, 0) is 4.84 Å². The Bertz CT molecular complexity index is 290. The Morgan fingerprint density at radius 2 is 2.00 bits per heavy atom. The van der Waals surface area contributed by atoms with Crippen LogP contribution in [0.4, 0.5) is 5.69 Å². The number of benzene rings is 1. The minimum absolute atomic E-state index is 0.590. The molecule has 0 saturated carbocycles. The molecule has 0 atom stereocenters. The number of rotatable bonds is 3. The number of nitrogens with two attached hydrogens (primary N) is 1. The summed E-state index contributed by atoms with van der Waals surface area (Å²) >= 11 is 0. The number of nitrogens with zero attached hydrogens (tertiary/aromatic N) is 1. The van der Waals surface area contributed by atoms with Crippen LogP contribution in [0.5, 0.6) is 0 Å². The monoisotopic (exact) mass is 178 g/mol. The molecule has 1 aromatic rings. The van der Waals surface area contributed by atoms with Gasteiger partial charge in [0.25, 0.3) is 0 Å². The zero-order valence-electron chi connectivity index (χ0n) is 7.95. The average molecular weight is 178 g/mol. The Labute approximate surface area is 78.2 Å². The molecule has 0 aromatic heterocycles. The first kappa shape index (κ1) is 9.58. The molecule has 13 heavy (non-hydrogen) atoms. The number of anilines is 1. The van der Waals surface area contributed by atoms with Crippen molar-refractivity contribution in [1.82, 2.24) is 0 Å². The molecule has 3 nitrogen and oxygen atoms in total. The summed E-state index contributed by atoms with van der Waals surface area (Å²) in [4.78, 5) is 4.94. The van der Waals surface area contributed by atoms with Gasteiger partial charge in [-0.2, -0.15) is 0 Å². The molecule has 0 radical (unpaired) electrons. The van der Waals surface area contributed by atoms with Crippen molar-refractivity contribution < 1.29 is 4.84 Å². The zero-order chi connectivity index (χ0) is 9.68. The van der Waals surface area contributed by atoms with Crippen LogP contribution in [0.2, 0.25) is 0 Å². The topological polar surface area (TPSA) is 47.6 Å². The van der Waals surface area contributed by atoms with E-state index in [1.54, 1.807) is 0 Å². The Kier molecular flexibility index (Phi) is 3.31. The SMILES string of the molecule is CCO/N=C(\C)c1ccc(N)cc1. The molecule has 0 unspecified atom stereocenters. The first-order chi connectivity index (χ1) is 6.24. The van der Waals surface area contributed by atoms with Crippen molar-refractivity contribution >= 4 is 11.4 Å². The molecule has 0 amide bonds. The van der Waals surface area contributed by atoms with Gasteiger partial charge in [-0.05, 0) is 31.5 Å². The fraction of sp³-hybridized carbons (Fsp3) is 0.300. The van der Waals surface area contributed by atoms with E-state index in [4.69, 9.17) is 10.6 Å². The number of hydrogen-bond donors (Lipinski definition) is 1. The highest BCUT2D eigenvalue weighted by Gasteiger charge is 1.96. The molecule has 1 rings (SSSR count). The molecule has 70 valence electrons. The molecule has 0 fully saturated rings. The minimum atomic E-state index is 0.590. The average Bonchev–Trinajstić information content (AvgIpc) is 2.15. The first-order valence-electron chi connectivity index (χ1n) is 4.26. The smallest absolute Gasteiger partial charge is 0.114 e. The molecular weight excluding hydrogens is 164 g/mol. The number of nitrogen functional groups attached to an aromatic ring is 1. The van der Waals surface area contributed by atoms with Gasteiger partial charge in [0.05, 0.1) is 5.71 Å². The number of oxime groups is 1. The van der Waals surface area contributed by atoms with E-state index in [0.29, 0.717) is 6.61 Å². The van der Waals surface area contributed by atoms with Crippen LogP contribution < -0.4 is 5.73 Å². The minimum Gasteiger partial charge on any atom is -0.399 e. The normalized spacial score (nSPS) is 11.4. The second kappa shape index (κ2) is 4.50. The van der Waals surface area contributed by atoms with Crippen LogP contribution in [-0.4, -0.2) is 12.3 Å². The Morgan fingerprint density at radius 1 is 1.38 bits per heavy atom. The molecule has 0 spiro atoms. The number of hydrogen-bond acceptors (Lipinski definition) is 3. The molecule has 0 heterocycles. The third kappa shape index (κ3) is 2.78. The highest BCUT2D eigenvalue weighted by Crippen LogP contribution is 2.06. The second-order valence-corrected chi connectivity index (χ2v) is 2.72. The van der Waals surface area contributed by atoms with Crippen molar-refractivity contribution in [1.29, 1.82) is 0 Å². The van der Waals surface area contributed by atoms with Gasteiger partial charge in [0, 0.05) is 5.69 Å². The van der Waals surface area contributed by atoms with Crippen LogP contribution in [0.1, 0.15) is 19.4 Å². The van der Waals surface area contributed by atoms with Crippen LogP contribution in [0.15, 0.2) is 29.4 Å². The molecule has 0 aliphatic heterocycles. The van der Waals surface area contributed by atoms with Gasteiger partial charge >= 0.3 is 0 Å². The Hall–Kier alpha value is -1.51. The van der Waals surface area contributed by atoms with Crippen molar-refractivity contribution in [3.63, 3.8) is 0 Å². The Balaban J connectivity index is 2.77. The Morgan fingerprint density at radius 3 is 2.54 bits per heavy atom. The summed E-state index contributed by atoms with van der Waals surface area (Å²) in [6.07, 6.45) is 0. The van der Waals surface area contributed by atoms with Gasteiger partial charge in [0.15, 0.2) is 0 Å². The van der Waals surface area contributed by atoms with E-state index < -0.39 is 0 Å². The highest BCUT2D eigenvalue weighted by atomic mass is 16.6. The summed E-state index contributed by atoms with van der Waals surface area (Å²) < 4.78 is 0. The molecule has 2 N–H and O–H groups in total. The maximum Gasteiger partial charge on any atom is 0.114 e. The van der Waals surface area contributed by atoms with Crippen molar-refractivity contribution in [2.45, 2.75) is 13.8 Å². The van der Waals surface area contributed by atoms with Gasteiger partial charge in [-0.25, -0.2) is 0 Å². The summed E-state index contributed by atoms with van der Waals surface area (Å²) in [5, 5.41) is 3.92. The summed E-state index contributed by atoms with van der Waals surface area (Å²) in [6.45, 7) is 4.40. The van der Waals surface area contributed by atoms with Gasteiger partial charge < -0.3 is 10.6 Å². The maximum atomic E-state index is 5.56. The molecule has 0 saturated heterocycles. The van der Waals surface area contributed by atoms with Crippen molar-refractivity contribution in [3.8, 4) is 0 Å². The van der Waals surface area contributed by atoms with E-state index in [-0.39, 0.29) is 0 Å². The van der Waals surface area contributed by atoms with Gasteiger partial charge in [0.2, 0.25) is 0 Å². The van der Waals surface area contributed by atoms with E-state index >= 15 is 0 Å².